The monoisotopic (exact) mass is 761 g/mol. The number of ether oxygens (including phenoxy) is 4. The van der Waals surface area contributed by atoms with E-state index in [2.05, 4.69) is 5.32 Å². The summed E-state index contributed by atoms with van der Waals surface area (Å²) in [4.78, 5) is 69.7. The Bertz CT molecular complexity index is 2180. The number of benzene rings is 2. The molecule has 15 heteroatoms. The summed E-state index contributed by atoms with van der Waals surface area (Å²) in [5.74, 6) is -4.80. The standard InChI is InChI=1S/C39H40ClN3O11/c1-19-10-26(45)33(37(49)39(19)38(50)34-28(52-3)14-29(53-4)35(40)36(34)54-39)23(21-8-9-25(44)27(12-21)51-2)13-30(46)41-15-32(48)42-16-20-11-22(18-42)24-6-5-7-31(47)43(24)17-20/h5-9,12,14,19-20,22-23,44,49H,10-11,13,15-18H2,1-4H3,(H,41,46)/t19-,20?,22?,23?,39+/m1/s1. The Hall–Kier alpha value is -5.50. The van der Waals surface area contributed by atoms with E-state index >= 15 is 0 Å². The first-order valence-electron chi connectivity index (χ1n) is 17.6. The number of phenols is 1. The molecule has 1 saturated heterocycles. The van der Waals surface area contributed by atoms with E-state index in [4.69, 9.17) is 30.5 Å². The summed E-state index contributed by atoms with van der Waals surface area (Å²) in [6.45, 7) is 2.61. The number of nitrogens with zero attached hydrogens (tertiary/aromatic N) is 2. The van der Waals surface area contributed by atoms with E-state index in [1.54, 1.807) is 22.5 Å². The number of Topliss-reactive ketones (excluding diaryl/α,β-unsaturated/α-hetero) is 2. The van der Waals surface area contributed by atoms with Crippen molar-refractivity contribution in [2.24, 2.45) is 11.8 Å². The van der Waals surface area contributed by atoms with Crippen LogP contribution in [0, 0.1) is 11.8 Å². The molecule has 3 N–H and O–H groups in total. The number of aliphatic hydroxyl groups excluding tert-OH is 1. The number of nitrogens with one attached hydrogen (secondary N) is 1. The Balaban J connectivity index is 1.19. The molecule has 0 saturated carbocycles. The molecule has 7 rings (SSSR count). The summed E-state index contributed by atoms with van der Waals surface area (Å²) in [5, 5.41) is 25.2. The molecule has 2 aromatic carbocycles. The van der Waals surface area contributed by atoms with Crippen LogP contribution in [0.4, 0.5) is 0 Å². The molecule has 54 heavy (non-hydrogen) atoms. The normalized spacial score (nSPS) is 23.4. The first-order chi connectivity index (χ1) is 25.8. The first-order valence-corrected chi connectivity index (χ1v) is 18.0. The predicted molar refractivity (Wildman–Crippen MR) is 194 cm³/mol. The van der Waals surface area contributed by atoms with Gasteiger partial charge < -0.3 is 43.9 Å². The zero-order chi connectivity index (χ0) is 38.6. The van der Waals surface area contributed by atoms with Gasteiger partial charge in [0.15, 0.2) is 28.8 Å². The summed E-state index contributed by atoms with van der Waals surface area (Å²) in [7, 11) is 4.07. The number of aromatic nitrogens is 1. The fraction of sp³-hybridized carbons (Fsp3) is 0.410. The van der Waals surface area contributed by atoms with E-state index in [0.717, 1.165) is 12.1 Å². The lowest BCUT2D eigenvalue weighted by atomic mass is 9.69. The molecule has 1 spiro atoms. The van der Waals surface area contributed by atoms with Crippen molar-refractivity contribution in [3.63, 3.8) is 0 Å². The number of carbonyl (C=O) groups excluding carboxylic acids is 4. The van der Waals surface area contributed by atoms with Crippen molar-refractivity contribution < 1.29 is 48.3 Å². The van der Waals surface area contributed by atoms with Crippen LogP contribution in [0.1, 0.15) is 59.6 Å². The molecule has 1 aliphatic carbocycles. The number of amides is 2. The summed E-state index contributed by atoms with van der Waals surface area (Å²) in [5.41, 5.74) is -1.25. The fourth-order valence-corrected chi connectivity index (χ4v) is 8.74. The lowest BCUT2D eigenvalue weighted by Gasteiger charge is -2.42. The quantitative estimate of drug-likeness (QED) is 0.288. The molecule has 14 nitrogen and oxygen atoms in total. The maximum absolute atomic E-state index is 14.4. The third kappa shape index (κ3) is 5.92. The summed E-state index contributed by atoms with van der Waals surface area (Å²) < 4.78 is 24.2. The van der Waals surface area contributed by atoms with Gasteiger partial charge in [-0.05, 0) is 36.1 Å². The van der Waals surface area contributed by atoms with Crippen molar-refractivity contribution in [2.45, 2.75) is 50.2 Å². The van der Waals surface area contributed by atoms with Crippen molar-refractivity contribution in [1.82, 2.24) is 14.8 Å². The molecule has 4 heterocycles. The number of piperidine rings is 1. The third-order valence-electron chi connectivity index (χ3n) is 11.1. The van der Waals surface area contributed by atoms with Crippen molar-refractivity contribution in [1.29, 1.82) is 0 Å². The van der Waals surface area contributed by atoms with E-state index in [1.165, 1.54) is 51.7 Å². The van der Waals surface area contributed by atoms with Crippen LogP contribution in [0.2, 0.25) is 5.02 Å². The number of phenolic OH excluding ortho intramolecular Hbond substituents is 1. The van der Waals surface area contributed by atoms with Gasteiger partial charge >= 0.3 is 0 Å². The predicted octanol–water partition coefficient (Wildman–Crippen LogP) is 3.90. The maximum Gasteiger partial charge on any atom is 0.250 e. The SMILES string of the molecule is COc1cc(C(CC(=O)NCC(=O)N2CC3CC(C2)c2cccc(=O)n2C3)C2=C(O)[C@@]3(Oc4c(Cl)c(OC)cc(OC)c4C3=O)[C@H](C)CC2=O)ccc1O. The Kier molecular flexibility index (Phi) is 9.59. The van der Waals surface area contributed by atoms with Gasteiger partial charge in [-0.2, -0.15) is 0 Å². The average molecular weight is 762 g/mol. The molecular formula is C39H40ClN3O11. The summed E-state index contributed by atoms with van der Waals surface area (Å²) in [6.07, 6.45) is 0.180. The van der Waals surface area contributed by atoms with Crippen LogP contribution >= 0.6 is 11.6 Å². The molecular weight excluding hydrogens is 722 g/mol. The van der Waals surface area contributed by atoms with Crippen molar-refractivity contribution >= 4 is 35.0 Å². The minimum absolute atomic E-state index is 0.00978. The summed E-state index contributed by atoms with van der Waals surface area (Å²) in [6, 6.07) is 10.8. The van der Waals surface area contributed by atoms with Crippen molar-refractivity contribution in [3.8, 4) is 28.7 Å². The lowest BCUT2D eigenvalue weighted by Crippen LogP contribution is -2.53. The second-order valence-corrected chi connectivity index (χ2v) is 14.6. The number of pyridine rings is 1. The third-order valence-corrected chi connectivity index (χ3v) is 11.5. The number of likely N-dealkylation sites (tertiary alicyclic amines) is 1. The number of aliphatic hydroxyl groups is 1. The second-order valence-electron chi connectivity index (χ2n) is 14.2. The number of carbonyl (C=O) groups is 4. The van der Waals surface area contributed by atoms with Crippen LogP contribution in [0.25, 0.3) is 0 Å². The van der Waals surface area contributed by atoms with E-state index in [-0.39, 0.29) is 81.2 Å². The van der Waals surface area contributed by atoms with Gasteiger partial charge in [0, 0.05) is 73.6 Å². The number of fused-ring (bicyclic) bond motifs is 5. The Morgan fingerprint density at radius 1 is 1.00 bits per heavy atom. The van der Waals surface area contributed by atoms with Gasteiger partial charge in [-0.1, -0.05) is 30.7 Å². The van der Waals surface area contributed by atoms with Crippen LogP contribution in [0.5, 0.6) is 28.7 Å². The van der Waals surface area contributed by atoms with Crippen LogP contribution in [0.3, 0.4) is 0 Å². The molecule has 2 bridgehead atoms. The molecule has 0 radical (unpaired) electrons. The van der Waals surface area contributed by atoms with Crippen LogP contribution in [-0.4, -0.2) is 89.6 Å². The van der Waals surface area contributed by atoms with E-state index in [9.17, 15) is 34.2 Å². The zero-order valence-corrected chi connectivity index (χ0v) is 30.9. The highest BCUT2D eigenvalue weighted by Gasteiger charge is 2.61. The van der Waals surface area contributed by atoms with E-state index in [1.807, 2.05) is 6.07 Å². The lowest BCUT2D eigenvalue weighted by molar-refractivity contribution is -0.135. The van der Waals surface area contributed by atoms with Crippen LogP contribution < -0.4 is 29.8 Å². The maximum atomic E-state index is 14.4. The first kappa shape index (κ1) is 36.8. The highest BCUT2D eigenvalue weighted by molar-refractivity contribution is 6.35. The van der Waals surface area contributed by atoms with Gasteiger partial charge in [-0.3, -0.25) is 24.0 Å². The largest absolute Gasteiger partial charge is 0.507 e. The number of allylic oxidation sites excluding steroid dienone is 1. The minimum Gasteiger partial charge on any atom is -0.507 e. The topological polar surface area (TPSA) is 183 Å². The molecule has 3 aliphatic heterocycles. The van der Waals surface area contributed by atoms with Gasteiger partial charge in [0.2, 0.25) is 23.2 Å². The number of halogens is 1. The van der Waals surface area contributed by atoms with E-state index < -0.39 is 47.1 Å². The van der Waals surface area contributed by atoms with Crippen molar-refractivity contribution in [3.05, 3.63) is 86.0 Å². The molecule has 3 unspecified atom stereocenters. The van der Waals surface area contributed by atoms with E-state index in [0.29, 0.717) is 25.2 Å². The number of rotatable bonds is 9. The van der Waals surface area contributed by atoms with Gasteiger partial charge in [0.1, 0.15) is 22.1 Å². The molecule has 4 aliphatic rings. The van der Waals surface area contributed by atoms with Gasteiger partial charge in [0.25, 0.3) is 5.56 Å². The number of hydrogen-bond acceptors (Lipinski definition) is 11. The molecule has 3 aromatic rings. The highest BCUT2D eigenvalue weighted by atomic mass is 35.5. The number of hydrogen-bond donors (Lipinski definition) is 3. The van der Waals surface area contributed by atoms with Gasteiger partial charge in [-0.25, -0.2) is 0 Å². The summed E-state index contributed by atoms with van der Waals surface area (Å²) >= 11 is 6.60. The Morgan fingerprint density at radius 3 is 2.46 bits per heavy atom. The van der Waals surface area contributed by atoms with Crippen LogP contribution in [-0.2, 0) is 20.9 Å². The zero-order valence-electron chi connectivity index (χ0n) is 30.1. The fourth-order valence-electron chi connectivity index (χ4n) is 8.48. The molecule has 1 fully saturated rings. The molecule has 2 amide bonds. The Morgan fingerprint density at radius 2 is 1.74 bits per heavy atom. The second kappa shape index (κ2) is 14.0. The number of methoxy groups -OCH3 is 3. The number of ketones is 2. The Labute approximate surface area is 315 Å². The molecule has 284 valence electrons. The molecule has 5 atom stereocenters. The molecule has 1 aromatic heterocycles. The minimum atomic E-state index is -2.10. The average Bonchev–Trinajstić information content (AvgIpc) is 3.47. The van der Waals surface area contributed by atoms with Gasteiger partial charge in [-0.15, -0.1) is 0 Å². The smallest absolute Gasteiger partial charge is 0.250 e. The van der Waals surface area contributed by atoms with Gasteiger partial charge in [0.05, 0.1) is 27.9 Å². The van der Waals surface area contributed by atoms with Crippen molar-refractivity contribution in [2.75, 3.05) is 41.0 Å². The van der Waals surface area contributed by atoms with Crippen LogP contribution in [0.15, 0.2) is 58.6 Å². The highest BCUT2D eigenvalue weighted by Crippen LogP contribution is 2.56. The number of aromatic hydroxyl groups is 1.